The van der Waals surface area contributed by atoms with E-state index in [2.05, 4.69) is 51.8 Å². The number of nitrogens with zero attached hydrogens (tertiary/aromatic N) is 2. The van der Waals surface area contributed by atoms with E-state index in [1.165, 1.54) is 22.4 Å². The van der Waals surface area contributed by atoms with E-state index < -0.39 is 0 Å². The van der Waals surface area contributed by atoms with Crippen molar-refractivity contribution in [2.75, 3.05) is 31.7 Å². The van der Waals surface area contributed by atoms with Gasteiger partial charge in [-0.1, -0.05) is 41.9 Å². The Morgan fingerprint density at radius 2 is 1.71 bits per heavy atom. The highest BCUT2D eigenvalue weighted by atomic mass is 35.5. The van der Waals surface area contributed by atoms with Crippen LogP contribution in [0.15, 0.2) is 76.5 Å². The van der Waals surface area contributed by atoms with Crippen molar-refractivity contribution in [3.05, 3.63) is 82.0 Å². The molecule has 0 amide bonds. The van der Waals surface area contributed by atoms with Crippen LogP contribution < -0.4 is 5.43 Å². The van der Waals surface area contributed by atoms with Crippen LogP contribution in [0.25, 0.3) is 6.08 Å². The summed E-state index contributed by atoms with van der Waals surface area (Å²) in [5, 5.41) is 5.20. The van der Waals surface area contributed by atoms with Gasteiger partial charge in [0.2, 0.25) is 0 Å². The van der Waals surface area contributed by atoms with E-state index in [4.69, 9.17) is 16.3 Å². The van der Waals surface area contributed by atoms with E-state index in [0.29, 0.717) is 0 Å². The monoisotopic (exact) mass is 393 g/mol. The molecule has 4 rings (SSSR count). The van der Waals surface area contributed by atoms with Crippen LogP contribution in [0.5, 0.6) is 0 Å². The third-order valence-electron chi connectivity index (χ3n) is 5.00. The second kappa shape index (κ2) is 9.09. The number of hydrogen-bond donors (Lipinski definition) is 1. The Labute approximate surface area is 171 Å². The summed E-state index contributed by atoms with van der Waals surface area (Å²) in [5.74, 6) is 0. The zero-order valence-electron chi connectivity index (χ0n) is 15.8. The number of benzene rings is 2. The molecule has 2 aromatic carbocycles. The number of nitrogens with one attached hydrogen (secondary N) is 1. The molecule has 0 aromatic heterocycles. The van der Waals surface area contributed by atoms with Gasteiger partial charge in [0.25, 0.3) is 0 Å². The van der Waals surface area contributed by atoms with Crippen molar-refractivity contribution in [2.24, 2.45) is 5.10 Å². The molecule has 2 aliphatic rings. The Kier molecular flexibility index (Phi) is 6.10. The fourth-order valence-electron chi connectivity index (χ4n) is 3.63. The van der Waals surface area contributed by atoms with Crippen LogP contribution in [-0.4, -0.2) is 37.4 Å². The molecule has 5 heteroatoms. The van der Waals surface area contributed by atoms with E-state index in [-0.39, 0.29) is 0 Å². The summed E-state index contributed by atoms with van der Waals surface area (Å²) in [6.45, 7) is 3.39. The Hall–Kier alpha value is -2.56. The van der Waals surface area contributed by atoms with Crippen LogP contribution in [0.3, 0.4) is 0 Å². The van der Waals surface area contributed by atoms with Crippen molar-refractivity contribution in [2.45, 2.75) is 12.8 Å². The minimum Gasteiger partial charge on any atom is -0.378 e. The number of hydrazone groups is 1. The van der Waals surface area contributed by atoms with Crippen LogP contribution in [0, 0.1) is 0 Å². The van der Waals surface area contributed by atoms with Gasteiger partial charge in [0.05, 0.1) is 25.1 Å². The molecule has 0 bridgehead atoms. The van der Waals surface area contributed by atoms with Crippen molar-refractivity contribution < 1.29 is 4.74 Å². The lowest BCUT2D eigenvalue weighted by Crippen LogP contribution is -2.36. The van der Waals surface area contributed by atoms with Crippen molar-refractivity contribution in [3.63, 3.8) is 0 Å². The van der Waals surface area contributed by atoms with Crippen molar-refractivity contribution in [3.8, 4) is 0 Å². The smallest absolute Gasteiger partial charge is 0.0642 e. The van der Waals surface area contributed by atoms with Crippen LogP contribution in [0.4, 0.5) is 5.69 Å². The SMILES string of the molecule is Clc1ccc(N/N=C\C2=C(N3CCOCC3)C(=C/c3ccccc3)/CC2)cc1. The van der Waals surface area contributed by atoms with E-state index in [1.54, 1.807) is 0 Å². The summed E-state index contributed by atoms with van der Waals surface area (Å²) >= 11 is 5.94. The second-order valence-corrected chi connectivity index (χ2v) is 7.37. The van der Waals surface area contributed by atoms with Gasteiger partial charge in [-0.05, 0) is 59.9 Å². The maximum Gasteiger partial charge on any atom is 0.0642 e. The zero-order chi connectivity index (χ0) is 19.2. The van der Waals surface area contributed by atoms with Crippen LogP contribution >= 0.6 is 11.6 Å². The normalized spacial score (nSPS) is 19.0. The largest absolute Gasteiger partial charge is 0.378 e. The van der Waals surface area contributed by atoms with Crippen molar-refractivity contribution >= 4 is 29.6 Å². The molecule has 0 radical (unpaired) electrons. The van der Waals surface area contributed by atoms with Gasteiger partial charge in [0, 0.05) is 23.8 Å². The first kappa shape index (κ1) is 18.8. The molecule has 4 nitrogen and oxygen atoms in total. The molecule has 0 saturated carbocycles. The number of halogens is 1. The summed E-state index contributed by atoms with van der Waals surface area (Å²) in [6, 6.07) is 18.1. The molecule has 28 heavy (non-hydrogen) atoms. The molecule has 1 aliphatic carbocycles. The summed E-state index contributed by atoms with van der Waals surface area (Å²) in [7, 11) is 0. The Morgan fingerprint density at radius 1 is 0.964 bits per heavy atom. The molecule has 1 saturated heterocycles. The molecular weight excluding hydrogens is 370 g/mol. The number of hydrogen-bond acceptors (Lipinski definition) is 4. The molecule has 0 spiro atoms. The number of anilines is 1. The highest BCUT2D eigenvalue weighted by molar-refractivity contribution is 6.30. The number of morpholine rings is 1. The minimum atomic E-state index is 0.721. The minimum absolute atomic E-state index is 0.721. The molecule has 144 valence electrons. The zero-order valence-corrected chi connectivity index (χ0v) is 16.5. The predicted molar refractivity (Wildman–Crippen MR) is 117 cm³/mol. The van der Waals surface area contributed by atoms with E-state index in [1.807, 2.05) is 30.5 Å². The molecule has 2 aromatic rings. The van der Waals surface area contributed by atoms with E-state index in [9.17, 15) is 0 Å². The van der Waals surface area contributed by atoms with Crippen molar-refractivity contribution in [1.29, 1.82) is 0 Å². The number of rotatable bonds is 5. The first-order chi connectivity index (χ1) is 13.8. The second-order valence-electron chi connectivity index (χ2n) is 6.93. The Morgan fingerprint density at radius 3 is 2.46 bits per heavy atom. The molecule has 0 atom stereocenters. The maximum atomic E-state index is 5.94. The van der Waals surface area contributed by atoms with Crippen LogP contribution in [-0.2, 0) is 4.74 Å². The maximum absolute atomic E-state index is 5.94. The first-order valence-electron chi connectivity index (χ1n) is 9.66. The lowest BCUT2D eigenvalue weighted by Gasteiger charge is -2.31. The summed E-state index contributed by atoms with van der Waals surface area (Å²) in [6.07, 6.45) is 6.30. The fourth-order valence-corrected chi connectivity index (χ4v) is 3.76. The third-order valence-corrected chi connectivity index (χ3v) is 5.25. The standard InChI is InChI=1S/C23H24ClN3O/c24-21-8-10-22(11-9-21)26-25-17-20-7-6-19(16-18-4-2-1-3-5-18)23(20)27-12-14-28-15-13-27/h1-5,8-11,16-17,26H,6-7,12-15H2/b19-16+,25-17-. The summed E-state index contributed by atoms with van der Waals surface area (Å²) in [4.78, 5) is 2.44. The van der Waals surface area contributed by atoms with Gasteiger partial charge in [-0.3, -0.25) is 5.43 Å². The summed E-state index contributed by atoms with van der Waals surface area (Å²) in [5.41, 5.74) is 9.22. The molecular formula is C23H24ClN3O. The van der Waals surface area contributed by atoms with Gasteiger partial charge in [0.15, 0.2) is 0 Å². The average Bonchev–Trinajstić information content (AvgIpc) is 3.13. The summed E-state index contributed by atoms with van der Waals surface area (Å²) < 4.78 is 5.56. The van der Waals surface area contributed by atoms with Gasteiger partial charge in [-0.15, -0.1) is 0 Å². The highest BCUT2D eigenvalue weighted by Gasteiger charge is 2.25. The number of ether oxygens (including phenoxy) is 1. The lowest BCUT2D eigenvalue weighted by molar-refractivity contribution is 0.0548. The van der Waals surface area contributed by atoms with Crippen molar-refractivity contribution in [1.82, 2.24) is 4.90 Å². The van der Waals surface area contributed by atoms with E-state index >= 15 is 0 Å². The molecule has 1 N–H and O–H groups in total. The average molecular weight is 394 g/mol. The Balaban J connectivity index is 1.58. The topological polar surface area (TPSA) is 36.9 Å². The fraction of sp³-hybridized carbons (Fsp3) is 0.261. The van der Waals surface area contributed by atoms with E-state index in [0.717, 1.165) is 49.9 Å². The lowest BCUT2D eigenvalue weighted by atomic mass is 10.1. The van der Waals surface area contributed by atoms with Gasteiger partial charge < -0.3 is 9.64 Å². The quantitative estimate of drug-likeness (QED) is 0.560. The highest BCUT2D eigenvalue weighted by Crippen LogP contribution is 2.35. The molecule has 1 fully saturated rings. The Bertz CT molecular complexity index is 882. The van der Waals surface area contributed by atoms with Gasteiger partial charge in [0.1, 0.15) is 0 Å². The van der Waals surface area contributed by atoms with Crippen LogP contribution in [0.2, 0.25) is 5.02 Å². The molecule has 0 unspecified atom stereocenters. The molecule has 1 heterocycles. The van der Waals surface area contributed by atoms with Gasteiger partial charge in [-0.2, -0.15) is 5.10 Å². The molecule has 1 aliphatic heterocycles. The number of allylic oxidation sites excluding steroid dienone is 2. The third kappa shape index (κ3) is 4.64. The van der Waals surface area contributed by atoms with Gasteiger partial charge >= 0.3 is 0 Å². The van der Waals surface area contributed by atoms with Gasteiger partial charge in [-0.25, -0.2) is 0 Å². The first-order valence-corrected chi connectivity index (χ1v) is 10.0. The predicted octanol–water partition coefficient (Wildman–Crippen LogP) is 5.20. The van der Waals surface area contributed by atoms with Crippen LogP contribution in [0.1, 0.15) is 18.4 Å².